The number of aromatic amines is 1. The van der Waals surface area contributed by atoms with Crippen LogP contribution in [-0.4, -0.2) is 22.3 Å². The number of carbonyl (C=O) groups is 1. The van der Waals surface area contributed by atoms with Crippen LogP contribution in [-0.2, 0) is 4.74 Å². The van der Waals surface area contributed by atoms with Gasteiger partial charge in [0, 0.05) is 6.20 Å². The summed E-state index contributed by atoms with van der Waals surface area (Å²) in [6.45, 7) is 0. The molecule has 7 heteroatoms. The lowest BCUT2D eigenvalue weighted by atomic mass is 10.5. The zero-order valence-electron chi connectivity index (χ0n) is 5.55. The molecule has 12 heavy (non-hydrogen) atoms. The van der Waals surface area contributed by atoms with Crippen molar-refractivity contribution in [1.29, 1.82) is 0 Å². The number of nitrogens with zero attached hydrogens (tertiary/aromatic N) is 1. The summed E-state index contributed by atoms with van der Waals surface area (Å²) in [6, 6.07) is 0. The highest BCUT2D eigenvalue weighted by atomic mass is 19.4. The fraction of sp³-hybridized carbons (Fsp3) is 0.200. The number of H-pyrrole nitrogens is 1. The first-order valence-electron chi connectivity index (χ1n) is 2.78. The van der Waals surface area contributed by atoms with Gasteiger partial charge in [0.1, 0.15) is 0 Å². The molecule has 1 aromatic heterocycles. The third-order valence-electron chi connectivity index (χ3n) is 0.916. The fourth-order valence-corrected chi connectivity index (χ4v) is 0.529. The topological polar surface area (TPSA) is 55.0 Å². The van der Waals surface area contributed by atoms with Crippen LogP contribution in [0.25, 0.3) is 0 Å². The molecule has 1 heterocycles. The van der Waals surface area contributed by atoms with Crippen molar-refractivity contribution in [2.75, 3.05) is 0 Å². The Morgan fingerprint density at radius 1 is 1.58 bits per heavy atom. The minimum atomic E-state index is -4.96. The van der Waals surface area contributed by atoms with Gasteiger partial charge in [-0.15, -0.1) is 13.2 Å². The minimum Gasteiger partial charge on any atom is -0.368 e. The van der Waals surface area contributed by atoms with E-state index in [1.807, 2.05) is 0 Å². The van der Waals surface area contributed by atoms with Crippen LogP contribution in [0.15, 0.2) is 12.5 Å². The number of imidazole rings is 1. The van der Waals surface area contributed by atoms with Crippen molar-refractivity contribution in [2.45, 2.75) is 6.36 Å². The number of ether oxygens (including phenoxy) is 1. The normalized spacial score (nSPS) is 11.2. The van der Waals surface area contributed by atoms with Crippen LogP contribution in [0, 0.1) is 0 Å². The Labute approximate surface area is 64.4 Å². The van der Waals surface area contributed by atoms with E-state index in [0.717, 1.165) is 12.5 Å². The maximum absolute atomic E-state index is 11.4. The van der Waals surface area contributed by atoms with Gasteiger partial charge >= 0.3 is 12.3 Å². The molecule has 1 N–H and O–H groups in total. The summed E-state index contributed by atoms with van der Waals surface area (Å²) >= 11 is 0. The molecule has 0 amide bonds. The van der Waals surface area contributed by atoms with E-state index in [-0.39, 0.29) is 0 Å². The van der Waals surface area contributed by atoms with Gasteiger partial charge in [-0.05, 0) is 0 Å². The predicted octanol–water partition coefficient (Wildman–Crippen LogP) is 1.09. The number of carbonyl (C=O) groups excluding carboxylic acids is 1. The molecule has 0 saturated carbocycles. The second-order valence-corrected chi connectivity index (χ2v) is 1.79. The fourth-order valence-electron chi connectivity index (χ4n) is 0.529. The number of halogens is 3. The first-order chi connectivity index (χ1) is 5.49. The molecule has 0 fully saturated rings. The van der Waals surface area contributed by atoms with E-state index in [2.05, 4.69) is 14.7 Å². The average molecular weight is 180 g/mol. The summed E-state index contributed by atoms with van der Waals surface area (Å²) in [5.41, 5.74) is -0.410. The van der Waals surface area contributed by atoms with Gasteiger partial charge in [0.2, 0.25) is 0 Å². The lowest BCUT2D eigenvalue weighted by molar-refractivity contribution is -0.291. The van der Waals surface area contributed by atoms with Crippen LogP contribution in [0.5, 0.6) is 0 Å². The molecule has 1 rings (SSSR count). The quantitative estimate of drug-likeness (QED) is 0.658. The number of esters is 1. The average Bonchev–Trinajstić information content (AvgIpc) is 2.32. The summed E-state index contributed by atoms with van der Waals surface area (Å²) in [6.07, 6.45) is -2.88. The van der Waals surface area contributed by atoms with Crippen molar-refractivity contribution >= 4 is 5.97 Å². The summed E-state index contributed by atoms with van der Waals surface area (Å²) < 4.78 is 37.3. The van der Waals surface area contributed by atoms with Crippen molar-refractivity contribution in [2.24, 2.45) is 0 Å². The molecule has 4 nitrogen and oxygen atoms in total. The molecular formula is C5H3F3N2O2. The second kappa shape index (κ2) is 2.84. The Hall–Kier alpha value is -1.53. The van der Waals surface area contributed by atoms with Gasteiger partial charge in [0.05, 0.1) is 6.33 Å². The van der Waals surface area contributed by atoms with Gasteiger partial charge < -0.3 is 9.72 Å². The summed E-state index contributed by atoms with van der Waals surface area (Å²) in [5, 5.41) is 0. The van der Waals surface area contributed by atoms with E-state index in [9.17, 15) is 18.0 Å². The smallest absolute Gasteiger partial charge is 0.368 e. The Bertz CT molecular complexity index is 267. The van der Waals surface area contributed by atoms with Gasteiger partial charge in [-0.3, -0.25) is 0 Å². The van der Waals surface area contributed by atoms with Crippen LogP contribution < -0.4 is 0 Å². The Morgan fingerprint density at radius 2 is 2.25 bits per heavy atom. The molecule has 0 aromatic carbocycles. The lowest BCUT2D eigenvalue weighted by Crippen LogP contribution is -2.19. The van der Waals surface area contributed by atoms with Crippen LogP contribution in [0.1, 0.15) is 10.5 Å². The lowest BCUT2D eigenvalue weighted by Gasteiger charge is -2.04. The summed E-state index contributed by atoms with van der Waals surface area (Å²) in [7, 11) is 0. The molecule has 0 bridgehead atoms. The highest BCUT2D eigenvalue weighted by Crippen LogP contribution is 2.17. The summed E-state index contributed by atoms with van der Waals surface area (Å²) in [5.74, 6) is -1.52. The number of hydrogen-bond donors (Lipinski definition) is 1. The van der Waals surface area contributed by atoms with E-state index in [1.165, 1.54) is 0 Å². The molecular weight excluding hydrogens is 177 g/mol. The molecule has 0 unspecified atom stereocenters. The molecule has 0 spiro atoms. The van der Waals surface area contributed by atoms with Gasteiger partial charge in [0.15, 0.2) is 5.69 Å². The molecule has 0 radical (unpaired) electrons. The van der Waals surface area contributed by atoms with Gasteiger partial charge in [-0.25, -0.2) is 9.78 Å². The van der Waals surface area contributed by atoms with Crippen molar-refractivity contribution in [3.63, 3.8) is 0 Å². The number of alkyl halides is 3. The highest BCUT2D eigenvalue weighted by Gasteiger charge is 2.34. The number of rotatable bonds is 1. The number of aromatic nitrogens is 2. The maximum Gasteiger partial charge on any atom is 0.575 e. The van der Waals surface area contributed by atoms with Crippen molar-refractivity contribution in [1.82, 2.24) is 9.97 Å². The van der Waals surface area contributed by atoms with E-state index in [1.54, 1.807) is 0 Å². The zero-order chi connectivity index (χ0) is 9.19. The van der Waals surface area contributed by atoms with Crippen molar-refractivity contribution in [3.05, 3.63) is 18.2 Å². The third-order valence-corrected chi connectivity index (χ3v) is 0.916. The third kappa shape index (κ3) is 2.26. The SMILES string of the molecule is O=C(OC(F)(F)F)c1c[nH]cn1. The second-order valence-electron chi connectivity index (χ2n) is 1.79. The Morgan fingerprint density at radius 3 is 2.67 bits per heavy atom. The minimum absolute atomic E-state index is 0.410. The van der Waals surface area contributed by atoms with E-state index in [4.69, 9.17) is 0 Å². The predicted molar refractivity (Wildman–Crippen MR) is 30.1 cm³/mol. The largest absolute Gasteiger partial charge is 0.575 e. The molecule has 1 aromatic rings. The van der Waals surface area contributed by atoms with Crippen molar-refractivity contribution < 1.29 is 22.7 Å². The first-order valence-corrected chi connectivity index (χ1v) is 2.78. The van der Waals surface area contributed by atoms with E-state index >= 15 is 0 Å². The van der Waals surface area contributed by atoms with Gasteiger partial charge in [-0.2, -0.15) is 0 Å². The van der Waals surface area contributed by atoms with Crippen LogP contribution in [0.4, 0.5) is 13.2 Å². The van der Waals surface area contributed by atoms with E-state index < -0.39 is 18.0 Å². The monoisotopic (exact) mass is 180 g/mol. The van der Waals surface area contributed by atoms with Crippen LogP contribution in [0.2, 0.25) is 0 Å². The molecule has 0 aliphatic carbocycles. The molecule has 0 saturated heterocycles. The Balaban J connectivity index is 2.63. The van der Waals surface area contributed by atoms with Gasteiger partial charge in [0.25, 0.3) is 0 Å². The molecule has 0 aliphatic rings. The van der Waals surface area contributed by atoms with Gasteiger partial charge in [-0.1, -0.05) is 0 Å². The number of hydrogen-bond acceptors (Lipinski definition) is 3. The van der Waals surface area contributed by atoms with E-state index in [0.29, 0.717) is 0 Å². The Kier molecular flexibility index (Phi) is 2.03. The zero-order valence-corrected chi connectivity index (χ0v) is 5.55. The standard InChI is InChI=1S/C5H3F3N2O2/c6-5(7,8)12-4(11)3-1-9-2-10-3/h1-2H,(H,9,10). The van der Waals surface area contributed by atoms with Crippen molar-refractivity contribution in [3.8, 4) is 0 Å². The maximum atomic E-state index is 11.4. The van der Waals surface area contributed by atoms with Crippen LogP contribution >= 0.6 is 0 Å². The van der Waals surface area contributed by atoms with Crippen LogP contribution in [0.3, 0.4) is 0 Å². The molecule has 0 atom stereocenters. The molecule has 66 valence electrons. The number of nitrogens with one attached hydrogen (secondary N) is 1. The molecule has 0 aliphatic heterocycles. The highest BCUT2D eigenvalue weighted by molar-refractivity contribution is 5.86. The first kappa shape index (κ1) is 8.57. The summed E-state index contributed by atoms with van der Waals surface area (Å²) in [4.78, 5) is 16.1.